The fraction of sp³-hybridized carbons (Fsp3) is 0.542. The van der Waals surface area contributed by atoms with E-state index in [1.54, 1.807) is 19.3 Å². The molecule has 182 valence electrons. The third-order valence-corrected chi connectivity index (χ3v) is 4.73. The third kappa shape index (κ3) is 8.66. The number of methoxy groups -OCH3 is 3. The lowest BCUT2D eigenvalue weighted by Gasteiger charge is -2.23. The van der Waals surface area contributed by atoms with Crippen LogP contribution in [0.25, 0.3) is 0 Å². The molecule has 2 N–H and O–H groups in total. The van der Waals surface area contributed by atoms with E-state index in [1.165, 1.54) is 21.3 Å². The summed E-state index contributed by atoms with van der Waals surface area (Å²) in [6, 6.07) is 0.132. The van der Waals surface area contributed by atoms with E-state index in [0.717, 1.165) is 12.8 Å². The molecule has 0 aromatic carbocycles. The Balaban J connectivity index is 0.00000265. The van der Waals surface area contributed by atoms with Crippen LogP contribution in [-0.2, 0) is 36.6 Å². The van der Waals surface area contributed by atoms with E-state index in [9.17, 15) is 4.79 Å². The van der Waals surface area contributed by atoms with Crippen LogP contribution in [0.2, 0.25) is 0 Å². The molecule has 0 aliphatic carbocycles. The Morgan fingerprint density at radius 3 is 2.48 bits per heavy atom. The van der Waals surface area contributed by atoms with Gasteiger partial charge in [-0.2, -0.15) is 0 Å². The summed E-state index contributed by atoms with van der Waals surface area (Å²) in [5, 5.41) is 6.03. The van der Waals surface area contributed by atoms with Crippen molar-refractivity contribution in [2.24, 2.45) is 0 Å². The lowest BCUT2D eigenvalue weighted by Crippen LogP contribution is -2.39. The van der Waals surface area contributed by atoms with Gasteiger partial charge in [0.1, 0.15) is 5.82 Å². The third-order valence-electron chi connectivity index (χ3n) is 4.73. The van der Waals surface area contributed by atoms with E-state index in [2.05, 4.69) is 26.5 Å². The summed E-state index contributed by atoms with van der Waals surface area (Å²) >= 11 is 0. The van der Waals surface area contributed by atoms with E-state index < -0.39 is 0 Å². The minimum atomic E-state index is -0.0914. The lowest BCUT2D eigenvalue weighted by molar-refractivity contribution is -0.121. The molecule has 0 unspecified atom stereocenters. The molecule has 0 saturated carbocycles. The Bertz CT molecular complexity index is 855. The summed E-state index contributed by atoms with van der Waals surface area (Å²) in [7, 11) is 6.20. The van der Waals surface area contributed by atoms with Crippen molar-refractivity contribution in [2.45, 2.75) is 45.6 Å². The maximum Gasteiger partial charge on any atom is 0.226 e. The van der Waals surface area contributed by atoms with Crippen LogP contribution in [-0.4, -0.2) is 63.5 Å². The van der Waals surface area contributed by atoms with Gasteiger partial charge in [0.2, 0.25) is 17.4 Å². The number of rotatable bonds is 10. The quantitative estimate of drug-likeness (QED) is 0.312. The van der Waals surface area contributed by atoms with Crippen LogP contribution in [0.3, 0.4) is 0 Å². The summed E-state index contributed by atoms with van der Waals surface area (Å²) < 4.78 is 21.2. The number of amides is 1. The fourth-order valence-corrected chi connectivity index (χ4v) is 3.16. The summed E-state index contributed by atoms with van der Waals surface area (Å²) in [6.45, 7) is 5.33. The Morgan fingerprint density at radius 2 is 1.94 bits per heavy atom. The van der Waals surface area contributed by atoms with Crippen molar-refractivity contribution >= 4 is 11.7 Å². The van der Waals surface area contributed by atoms with Gasteiger partial charge < -0.3 is 29.6 Å². The highest BCUT2D eigenvalue weighted by Crippen LogP contribution is 2.18. The molecule has 1 amide bonds. The molecule has 0 radical (unpaired) electrons. The monoisotopic (exact) mass is 460 g/mol. The second kappa shape index (κ2) is 15.5. The topological polar surface area (TPSA) is 104 Å². The number of terminal acetylenes is 1. The largest absolute Gasteiger partial charge is 0.493 e. The van der Waals surface area contributed by atoms with Gasteiger partial charge in [0.25, 0.3) is 0 Å². The molecule has 1 aromatic rings. The molecule has 9 heteroatoms. The first-order valence-corrected chi connectivity index (χ1v) is 11.0. The van der Waals surface area contributed by atoms with Crippen molar-refractivity contribution in [1.29, 1.82) is 0 Å². The number of aromatic nitrogens is 2. The second-order valence-corrected chi connectivity index (χ2v) is 6.73. The van der Waals surface area contributed by atoms with Gasteiger partial charge in [0.15, 0.2) is 5.76 Å². The standard InChI is InChI=1S/C22H30N4O5.C2H6/c1-6-18(28-3)21(30-5)19(29-4)8-7-16-14-24-22(23-2)17(25-16)13-20(27)26-15-9-11-31-12-10-15;1-2/h1,8,14-15H,7,9-13H2,2-5H3,(H,23,24)(H,26,27);1-2H3/b19-8+,21-18-;. The van der Waals surface area contributed by atoms with Gasteiger partial charge in [0, 0.05) is 32.7 Å². The van der Waals surface area contributed by atoms with Gasteiger partial charge in [-0.3, -0.25) is 9.78 Å². The minimum absolute atomic E-state index is 0.0914. The minimum Gasteiger partial charge on any atom is -0.493 e. The lowest BCUT2D eigenvalue weighted by atomic mass is 10.1. The zero-order valence-corrected chi connectivity index (χ0v) is 20.5. The van der Waals surface area contributed by atoms with E-state index in [-0.39, 0.29) is 24.1 Å². The van der Waals surface area contributed by atoms with Crippen molar-refractivity contribution in [3.8, 4) is 12.3 Å². The molecule has 1 aliphatic rings. The van der Waals surface area contributed by atoms with Crippen LogP contribution in [0.5, 0.6) is 0 Å². The molecule has 33 heavy (non-hydrogen) atoms. The van der Waals surface area contributed by atoms with Crippen molar-refractivity contribution in [1.82, 2.24) is 15.3 Å². The van der Waals surface area contributed by atoms with Gasteiger partial charge in [-0.15, -0.1) is 6.42 Å². The zero-order valence-electron chi connectivity index (χ0n) is 20.5. The highest BCUT2D eigenvalue weighted by Gasteiger charge is 2.18. The molecule has 2 rings (SSSR count). The first-order valence-electron chi connectivity index (χ1n) is 11.0. The number of carbonyl (C=O) groups excluding carboxylic acids is 1. The number of ether oxygens (including phenoxy) is 4. The van der Waals surface area contributed by atoms with E-state index >= 15 is 0 Å². The number of carbonyl (C=O) groups is 1. The number of hydrogen-bond donors (Lipinski definition) is 2. The summed E-state index contributed by atoms with van der Waals surface area (Å²) in [4.78, 5) is 21.5. The summed E-state index contributed by atoms with van der Waals surface area (Å²) in [6.07, 6.45) is 11.0. The van der Waals surface area contributed by atoms with Crippen LogP contribution >= 0.6 is 0 Å². The molecule has 0 spiro atoms. The van der Waals surface area contributed by atoms with Crippen molar-refractivity contribution in [3.05, 3.63) is 40.9 Å². The molecular formula is C24H36N4O5. The number of anilines is 1. The first-order chi connectivity index (χ1) is 16.1. The fourth-order valence-electron chi connectivity index (χ4n) is 3.16. The number of nitrogens with one attached hydrogen (secondary N) is 2. The SMILES string of the molecule is C#C/C(OC)=C(OC)\C(=C/Cc1cnc(NC)c(CC(=O)NC2CCOCC2)n1)OC.CC. The maximum absolute atomic E-state index is 12.5. The molecule has 1 aliphatic heterocycles. The highest BCUT2D eigenvalue weighted by atomic mass is 16.5. The predicted molar refractivity (Wildman–Crippen MR) is 127 cm³/mol. The Labute approximate surface area is 197 Å². The molecule has 2 heterocycles. The molecule has 0 bridgehead atoms. The van der Waals surface area contributed by atoms with E-state index in [1.807, 2.05) is 13.8 Å². The van der Waals surface area contributed by atoms with Crippen molar-refractivity contribution < 1.29 is 23.7 Å². The molecule has 1 saturated heterocycles. The van der Waals surface area contributed by atoms with Gasteiger partial charge >= 0.3 is 0 Å². The van der Waals surface area contributed by atoms with Gasteiger partial charge in [-0.1, -0.05) is 13.8 Å². The molecule has 1 fully saturated rings. The Hall–Kier alpha value is -3.25. The summed E-state index contributed by atoms with van der Waals surface area (Å²) in [5.74, 6) is 3.83. The van der Waals surface area contributed by atoms with Crippen LogP contribution < -0.4 is 10.6 Å². The number of allylic oxidation sites excluding steroid dienone is 2. The van der Waals surface area contributed by atoms with Crippen molar-refractivity contribution in [2.75, 3.05) is 46.9 Å². The van der Waals surface area contributed by atoms with Crippen LogP contribution in [0.4, 0.5) is 5.82 Å². The average Bonchev–Trinajstić information content (AvgIpc) is 2.85. The smallest absolute Gasteiger partial charge is 0.226 e. The van der Waals surface area contributed by atoms with Crippen molar-refractivity contribution in [3.63, 3.8) is 0 Å². The van der Waals surface area contributed by atoms with Gasteiger partial charge in [-0.25, -0.2) is 4.98 Å². The zero-order chi connectivity index (χ0) is 24.6. The Kier molecular flexibility index (Phi) is 13.1. The second-order valence-electron chi connectivity index (χ2n) is 6.73. The number of hydrogen-bond acceptors (Lipinski definition) is 8. The molecular weight excluding hydrogens is 424 g/mol. The average molecular weight is 461 g/mol. The molecule has 1 aromatic heterocycles. The van der Waals surface area contributed by atoms with E-state index in [4.69, 9.17) is 25.4 Å². The Morgan fingerprint density at radius 1 is 1.24 bits per heavy atom. The van der Waals surface area contributed by atoms with Crippen LogP contribution in [0, 0.1) is 12.3 Å². The van der Waals surface area contributed by atoms with E-state index in [0.29, 0.717) is 48.4 Å². The maximum atomic E-state index is 12.5. The molecule has 9 nitrogen and oxygen atoms in total. The van der Waals surface area contributed by atoms with Gasteiger partial charge in [0.05, 0.1) is 45.3 Å². The summed E-state index contributed by atoms with van der Waals surface area (Å²) in [5.41, 5.74) is 1.23. The van der Waals surface area contributed by atoms with Crippen LogP contribution in [0.15, 0.2) is 29.6 Å². The number of nitrogens with zero attached hydrogens (tertiary/aromatic N) is 2. The predicted octanol–water partition coefficient (Wildman–Crippen LogP) is 2.59. The first kappa shape index (κ1) is 27.8. The normalized spacial score (nSPS) is 14.6. The van der Waals surface area contributed by atoms with Gasteiger partial charge in [-0.05, 0) is 24.8 Å². The van der Waals surface area contributed by atoms with Crippen LogP contribution in [0.1, 0.15) is 38.1 Å². The molecule has 0 atom stereocenters. The highest BCUT2D eigenvalue weighted by molar-refractivity contribution is 5.79.